The molecule has 90 valence electrons. The summed E-state index contributed by atoms with van der Waals surface area (Å²) in [6.45, 7) is 3.82. The zero-order valence-electron chi connectivity index (χ0n) is 9.60. The van der Waals surface area contributed by atoms with E-state index in [-0.39, 0.29) is 18.0 Å². The largest absolute Gasteiger partial charge is 0.467 e. The number of thioether (sulfide) groups is 1. The summed E-state index contributed by atoms with van der Waals surface area (Å²) in [7, 11) is 0. The number of nitrogens with one attached hydrogen (secondary N) is 1. The highest BCUT2D eigenvalue weighted by molar-refractivity contribution is 7.99. The van der Waals surface area contributed by atoms with Gasteiger partial charge in [0.25, 0.3) is 0 Å². The second kappa shape index (κ2) is 6.60. The Morgan fingerprint density at radius 2 is 2.38 bits per heavy atom. The molecule has 1 rings (SSSR count). The molecule has 3 N–H and O–H groups in total. The van der Waals surface area contributed by atoms with E-state index in [0.717, 1.165) is 11.5 Å². The lowest BCUT2D eigenvalue weighted by Gasteiger charge is -2.11. The van der Waals surface area contributed by atoms with E-state index in [9.17, 15) is 4.79 Å². The normalized spacial score (nSPS) is 14.4. The van der Waals surface area contributed by atoms with E-state index in [2.05, 4.69) is 5.32 Å². The maximum atomic E-state index is 11.5. The van der Waals surface area contributed by atoms with Crippen LogP contribution in [-0.4, -0.2) is 23.5 Å². The number of nitrogens with two attached hydrogens (primary N) is 1. The lowest BCUT2D eigenvalue weighted by Crippen LogP contribution is -2.29. The molecule has 0 saturated carbocycles. The van der Waals surface area contributed by atoms with E-state index in [0.29, 0.717) is 5.75 Å². The Kier molecular flexibility index (Phi) is 5.42. The van der Waals surface area contributed by atoms with E-state index in [1.54, 1.807) is 18.0 Å². The van der Waals surface area contributed by atoms with Crippen molar-refractivity contribution in [1.82, 2.24) is 5.32 Å². The van der Waals surface area contributed by atoms with Crippen LogP contribution in [0, 0.1) is 0 Å². The molecule has 1 aromatic heterocycles. The van der Waals surface area contributed by atoms with E-state index < -0.39 is 0 Å². The molecule has 2 atom stereocenters. The van der Waals surface area contributed by atoms with Gasteiger partial charge in [-0.15, -0.1) is 0 Å². The number of rotatable bonds is 6. The second-order valence-electron chi connectivity index (χ2n) is 3.80. The number of furan rings is 1. The van der Waals surface area contributed by atoms with E-state index in [1.165, 1.54) is 0 Å². The van der Waals surface area contributed by atoms with Crippen LogP contribution in [0.4, 0.5) is 0 Å². The summed E-state index contributed by atoms with van der Waals surface area (Å²) in [6.07, 6.45) is 1.60. The summed E-state index contributed by atoms with van der Waals surface area (Å²) in [4.78, 5) is 11.5. The van der Waals surface area contributed by atoms with Crippen LogP contribution in [0.3, 0.4) is 0 Å². The van der Waals surface area contributed by atoms with Gasteiger partial charge in [0.1, 0.15) is 5.76 Å². The van der Waals surface area contributed by atoms with Gasteiger partial charge in [-0.1, -0.05) is 0 Å². The van der Waals surface area contributed by atoms with Gasteiger partial charge < -0.3 is 15.5 Å². The fourth-order valence-electron chi connectivity index (χ4n) is 1.23. The predicted molar refractivity (Wildman–Crippen MR) is 66.2 cm³/mol. The average Bonchev–Trinajstić information content (AvgIpc) is 2.69. The smallest absolute Gasteiger partial charge is 0.230 e. The third kappa shape index (κ3) is 4.72. The number of hydrogen-bond acceptors (Lipinski definition) is 4. The molecule has 0 aromatic carbocycles. The summed E-state index contributed by atoms with van der Waals surface area (Å²) in [6, 6.07) is 3.70. The molecule has 0 aliphatic heterocycles. The molecule has 0 aliphatic rings. The van der Waals surface area contributed by atoms with Crippen LogP contribution >= 0.6 is 11.8 Å². The first kappa shape index (κ1) is 13.1. The minimum absolute atomic E-state index is 0.00884. The van der Waals surface area contributed by atoms with Crippen molar-refractivity contribution in [2.75, 3.05) is 11.5 Å². The fourth-order valence-corrected chi connectivity index (χ4v) is 1.99. The number of hydrogen-bond donors (Lipinski definition) is 2. The summed E-state index contributed by atoms with van der Waals surface area (Å²) in [5.74, 6) is 2.01. The van der Waals surface area contributed by atoms with Gasteiger partial charge in [0, 0.05) is 11.8 Å². The van der Waals surface area contributed by atoms with Crippen LogP contribution in [-0.2, 0) is 4.79 Å². The van der Waals surface area contributed by atoms with Crippen LogP contribution in [0.1, 0.15) is 25.6 Å². The highest BCUT2D eigenvalue weighted by atomic mass is 32.2. The van der Waals surface area contributed by atoms with Crippen LogP contribution in [0.15, 0.2) is 22.8 Å². The first-order chi connectivity index (χ1) is 7.59. The molecular weight excluding hydrogens is 224 g/mol. The molecule has 0 radical (unpaired) electrons. The van der Waals surface area contributed by atoms with Crippen LogP contribution in [0.2, 0.25) is 0 Å². The minimum Gasteiger partial charge on any atom is -0.467 e. The molecule has 1 amide bonds. The molecule has 0 bridgehead atoms. The Hall–Kier alpha value is -0.940. The predicted octanol–water partition coefficient (Wildman–Crippen LogP) is 1.54. The summed E-state index contributed by atoms with van der Waals surface area (Å²) in [5, 5.41) is 2.86. The first-order valence-electron chi connectivity index (χ1n) is 5.25. The minimum atomic E-state index is -0.0848. The van der Waals surface area contributed by atoms with E-state index in [4.69, 9.17) is 10.2 Å². The van der Waals surface area contributed by atoms with Crippen LogP contribution in [0.5, 0.6) is 0 Å². The van der Waals surface area contributed by atoms with E-state index in [1.807, 2.05) is 26.0 Å². The van der Waals surface area contributed by atoms with Crippen molar-refractivity contribution >= 4 is 17.7 Å². The van der Waals surface area contributed by atoms with Crippen LogP contribution in [0.25, 0.3) is 0 Å². The molecule has 1 aromatic rings. The third-order valence-electron chi connectivity index (χ3n) is 1.96. The van der Waals surface area contributed by atoms with Gasteiger partial charge in [0.15, 0.2) is 0 Å². The van der Waals surface area contributed by atoms with Crippen molar-refractivity contribution in [3.8, 4) is 0 Å². The van der Waals surface area contributed by atoms with Crippen molar-refractivity contribution in [3.05, 3.63) is 24.2 Å². The third-order valence-corrected chi connectivity index (χ3v) is 3.19. The SMILES string of the molecule is CC(N)CSCC(=O)NC(C)c1ccco1. The highest BCUT2D eigenvalue weighted by Gasteiger charge is 2.11. The molecular formula is C11H18N2O2S. The van der Waals surface area contributed by atoms with Crippen molar-refractivity contribution in [3.63, 3.8) is 0 Å². The highest BCUT2D eigenvalue weighted by Crippen LogP contribution is 2.12. The maximum Gasteiger partial charge on any atom is 0.230 e. The zero-order chi connectivity index (χ0) is 12.0. The Morgan fingerprint density at radius 3 is 2.94 bits per heavy atom. The first-order valence-corrected chi connectivity index (χ1v) is 6.41. The van der Waals surface area contributed by atoms with Crippen molar-refractivity contribution < 1.29 is 9.21 Å². The average molecular weight is 242 g/mol. The number of amides is 1. The molecule has 0 spiro atoms. The van der Waals surface area contributed by atoms with Gasteiger partial charge in [0.05, 0.1) is 18.1 Å². The van der Waals surface area contributed by atoms with Gasteiger partial charge >= 0.3 is 0 Å². The number of carbonyl (C=O) groups is 1. The standard InChI is InChI=1S/C11H18N2O2S/c1-8(12)6-16-7-11(14)13-9(2)10-4-3-5-15-10/h3-5,8-9H,6-7,12H2,1-2H3,(H,13,14). The molecule has 16 heavy (non-hydrogen) atoms. The molecule has 0 fully saturated rings. The fraction of sp³-hybridized carbons (Fsp3) is 0.545. The Bertz CT molecular complexity index is 312. The molecule has 2 unspecified atom stereocenters. The molecule has 0 saturated heterocycles. The van der Waals surface area contributed by atoms with Crippen LogP contribution < -0.4 is 11.1 Å². The lowest BCUT2D eigenvalue weighted by atomic mass is 10.2. The zero-order valence-corrected chi connectivity index (χ0v) is 10.4. The Labute approximate surface area is 100.0 Å². The van der Waals surface area contributed by atoms with Crippen molar-refractivity contribution in [2.24, 2.45) is 5.73 Å². The lowest BCUT2D eigenvalue weighted by molar-refractivity contribution is -0.119. The molecule has 0 aliphatic carbocycles. The quantitative estimate of drug-likeness (QED) is 0.794. The van der Waals surface area contributed by atoms with Gasteiger partial charge in [-0.3, -0.25) is 4.79 Å². The Morgan fingerprint density at radius 1 is 1.62 bits per heavy atom. The molecule has 4 nitrogen and oxygen atoms in total. The van der Waals surface area contributed by atoms with Gasteiger partial charge in [-0.05, 0) is 26.0 Å². The van der Waals surface area contributed by atoms with E-state index >= 15 is 0 Å². The molecule has 1 heterocycles. The van der Waals surface area contributed by atoms with Gasteiger partial charge in [-0.2, -0.15) is 11.8 Å². The summed E-state index contributed by atoms with van der Waals surface area (Å²) < 4.78 is 5.20. The Balaban J connectivity index is 2.24. The van der Waals surface area contributed by atoms with Crippen molar-refractivity contribution in [1.29, 1.82) is 0 Å². The second-order valence-corrected chi connectivity index (χ2v) is 4.83. The summed E-state index contributed by atoms with van der Waals surface area (Å²) >= 11 is 1.54. The van der Waals surface area contributed by atoms with Crippen molar-refractivity contribution in [2.45, 2.75) is 25.9 Å². The topological polar surface area (TPSA) is 68.3 Å². The number of carbonyl (C=O) groups excluding carboxylic acids is 1. The molecule has 5 heteroatoms. The van der Waals surface area contributed by atoms with Gasteiger partial charge in [0.2, 0.25) is 5.91 Å². The van der Waals surface area contributed by atoms with Gasteiger partial charge in [-0.25, -0.2) is 0 Å². The summed E-state index contributed by atoms with van der Waals surface area (Å²) in [5.41, 5.74) is 5.59. The monoisotopic (exact) mass is 242 g/mol. The maximum absolute atomic E-state index is 11.5.